The number of amides is 1. The van der Waals surface area contributed by atoms with E-state index in [1.54, 1.807) is 36.4 Å². The monoisotopic (exact) mass is 329 g/mol. The number of rotatable bonds is 6. The van der Waals surface area contributed by atoms with Crippen LogP contribution in [0.15, 0.2) is 0 Å². The zero-order valence-electron chi connectivity index (χ0n) is 8.79. The molecule has 0 aliphatic rings. The summed E-state index contributed by atoms with van der Waals surface area (Å²) in [6, 6.07) is 0. The van der Waals surface area contributed by atoms with E-state index in [-0.39, 0.29) is 23.4 Å². The second-order valence-corrected chi connectivity index (χ2v) is 5.15. The average Bonchev–Trinajstić information content (AvgIpc) is 2.15. The van der Waals surface area contributed by atoms with E-state index in [1.807, 2.05) is 0 Å². The summed E-state index contributed by atoms with van der Waals surface area (Å²) in [6.07, 6.45) is -1.04. The van der Waals surface area contributed by atoms with Crippen LogP contribution in [-0.2, 0) is 9.59 Å². The fourth-order valence-corrected chi connectivity index (χ4v) is 1.09. The number of carbonyl (C=O) groups excluding carboxylic acids is 2. The van der Waals surface area contributed by atoms with E-state index >= 15 is 0 Å². The van der Waals surface area contributed by atoms with Gasteiger partial charge in [-0.1, -0.05) is 13.8 Å². The van der Waals surface area contributed by atoms with Crippen LogP contribution in [0.2, 0.25) is 0 Å². The largest absolute Gasteiger partial charge is 0.396 e. The van der Waals surface area contributed by atoms with Crippen LogP contribution in [0.25, 0.3) is 0 Å². The number of hydrogen-bond donors (Lipinski definition) is 3. The summed E-state index contributed by atoms with van der Waals surface area (Å²) >= 11 is 1.64. The molecule has 0 aromatic heterocycles. The third-order valence-electron chi connectivity index (χ3n) is 2.02. The van der Waals surface area contributed by atoms with Crippen molar-refractivity contribution in [1.82, 2.24) is 5.32 Å². The predicted octanol–water partition coefficient (Wildman–Crippen LogP) is -0.166. The molecule has 1 atom stereocenters. The Morgan fingerprint density at radius 2 is 2.00 bits per heavy atom. The van der Waals surface area contributed by atoms with Crippen molar-refractivity contribution >= 4 is 32.3 Å². The quantitative estimate of drug-likeness (QED) is 0.467. The first-order valence-corrected chi connectivity index (χ1v) is 5.64. The highest BCUT2D eigenvalue weighted by Crippen LogP contribution is 2.19. The maximum atomic E-state index is 11.3. The maximum absolute atomic E-state index is 11.3. The highest BCUT2D eigenvalue weighted by molar-refractivity contribution is 14.1. The molecular weight excluding hydrogens is 313 g/mol. The minimum absolute atomic E-state index is 0.0520. The van der Waals surface area contributed by atoms with Gasteiger partial charge in [-0.3, -0.25) is 9.59 Å². The number of halogens is 1. The lowest BCUT2D eigenvalue weighted by atomic mass is 9.87. The van der Waals surface area contributed by atoms with Crippen molar-refractivity contribution < 1.29 is 19.8 Å². The maximum Gasteiger partial charge on any atom is 0.249 e. The van der Waals surface area contributed by atoms with Crippen LogP contribution in [0, 0.1) is 5.41 Å². The van der Waals surface area contributed by atoms with E-state index in [1.165, 1.54) is 0 Å². The van der Waals surface area contributed by atoms with Crippen molar-refractivity contribution in [3.05, 3.63) is 0 Å². The van der Waals surface area contributed by atoms with Gasteiger partial charge in [0.1, 0.15) is 6.10 Å². The molecule has 0 saturated carbocycles. The van der Waals surface area contributed by atoms with Gasteiger partial charge in [-0.15, -0.1) is 0 Å². The Morgan fingerprint density at radius 3 is 2.40 bits per heavy atom. The first-order valence-electron chi connectivity index (χ1n) is 4.56. The van der Waals surface area contributed by atoms with Gasteiger partial charge >= 0.3 is 0 Å². The Morgan fingerprint density at radius 1 is 1.47 bits per heavy atom. The average molecular weight is 329 g/mol. The number of aliphatic hydroxyl groups is 2. The summed E-state index contributed by atoms with van der Waals surface area (Å²) in [7, 11) is 0. The SMILES string of the molecule is CC(C)(CO)[C@@H](O)C(=O)NCCC(=O)I. The van der Waals surface area contributed by atoms with Gasteiger partial charge in [-0.25, -0.2) is 0 Å². The Kier molecular flexibility index (Phi) is 6.30. The number of carbonyl (C=O) groups is 2. The van der Waals surface area contributed by atoms with E-state index in [0.717, 1.165) is 0 Å². The number of hydrogen-bond acceptors (Lipinski definition) is 4. The Hall–Kier alpha value is -0.210. The number of aliphatic hydroxyl groups excluding tert-OH is 2. The molecule has 1 amide bonds. The predicted molar refractivity (Wildman–Crippen MR) is 63.5 cm³/mol. The molecule has 5 nitrogen and oxygen atoms in total. The van der Waals surface area contributed by atoms with Gasteiger partial charge in [0.2, 0.25) is 5.91 Å². The highest BCUT2D eigenvalue weighted by atomic mass is 127. The number of nitrogens with one attached hydrogen (secondary N) is 1. The Bertz CT molecular complexity index is 242. The van der Waals surface area contributed by atoms with Gasteiger partial charge < -0.3 is 15.5 Å². The lowest BCUT2D eigenvalue weighted by Gasteiger charge is -2.26. The fourth-order valence-electron chi connectivity index (χ4n) is 0.822. The zero-order chi connectivity index (χ0) is 12.1. The molecule has 0 aliphatic heterocycles. The summed E-state index contributed by atoms with van der Waals surface area (Å²) in [6.45, 7) is 3.09. The molecule has 0 heterocycles. The van der Waals surface area contributed by atoms with E-state index in [4.69, 9.17) is 5.11 Å². The smallest absolute Gasteiger partial charge is 0.249 e. The summed E-state index contributed by atoms with van der Waals surface area (Å²) in [5, 5.41) is 20.9. The standard InChI is InChI=1S/C9H16INO4/c1-9(2,5-12)7(14)8(15)11-4-3-6(10)13/h7,12,14H,3-5H2,1-2H3,(H,11,15)/t7-/m0/s1. The van der Waals surface area contributed by atoms with E-state index in [9.17, 15) is 14.7 Å². The molecule has 0 aliphatic carbocycles. The zero-order valence-corrected chi connectivity index (χ0v) is 10.9. The second kappa shape index (κ2) is 6.39. The molecule has 0 rings (SSSR count). The Balaban J connectivity index is 4.05. The van der Waals surface area contributed by atoms with Crippen molar-refractivity contribution in [2.75, 3.05) is 13.2 Å². The topological polar surface area (TPSA) is 86.6 Å². The van der Waals surface area contributed by atoms with Crippen LogP contribution in [-0.4, -0.2) is 39.2 Å². The van der Waals surface area contributed by atoms with Gasteiger partial charge in [-0.2, -0.15) is 0 Å². The molecule has 0 fully saturated rings. The first kappa shape index (κ1) is 14.8. The molecule has 0 saturated heterocycles. The van der Waals surface area contributed by atoms with Crippen LogP contribution in [0.5, 0.6) is 0 Å². The van der Waals surface area contributed by atoms with Crippen molar-refractivity contribution in [2.24, 2.45) is 5.41 Å². The molecule has 0 bridgehead atoms. The van der Waals surface area contributed by atoms with Gasteiger partial charge in [0.05, 0.1) is 6.61 Å². The lowest BCUT2D eigenvalue weighted by molar-refractivity contribution is -0.137. The van der Waals surface area contributed by atoms with E-state index in [0.29, 0.717) is 0 Å². The van der Waals surface area contributed by atoms with Crippen LogP contribution >= 0.6 is 22.6 Å². The van der Waals surface area contributed by atoms with Crippen molar-refractivity contribution in [2.45, 2.75) is 26.4 Å². The molecule has 88 valence electrons. The van der Waals surface area contributed by atoms with Gasteiger partial charge in [0.25, 0.3) is 0 Å². The Labute approximate surface area is 102 Å². The summed E-state index contributed by atoms with van der Waals surface area (Å²) in [5.74, 6) is -0.563. The van der Waals surface area contributed by atoms with Crippen LogP contribution in [0.4, 0.5) is 0 Å². The molecule has 0 radical (unpaired) electrons. The second-order valence-electron chi connectivity index (χ2n) is 3.95. The molecular formula is C9H16INO4. The third-order valence-corrected chi connectivity index (χ3v) is 2.56. The first-order chi connectivity index (χ1) is 6.81. The normalized spacial score (nSPS) is 13.4. The molecule has 6 heteroatoms. The van der Waals surface area contributed by atoms with E-state index < -0.39 is 17.4 Å². The molecule has 3 N–H and O–H groups in total. The van der Waals surface area contributed by atoms with Gasteiger partial charge in [0.15, 0.2) is 3.79 Å². The van der Waals surface area contributed by atoms with Crippen molar-refractivity contribution in [3.63, 3.8) is 0 Å². The molecule has 15 heavy (non-hydrogen) atoms. The molecule has 0 unspecified atom stereocenters. The minimum atomic E-state index is -1.27. The highest BCUT2D eigenvalue weighted by Gasteiger charge is 2.32. The third kappa shape index (κ3) is 5.43. The fraction of sp³-hybridized carbons (Fsp3) is 0.778. The summed E-state index contributed by atoms with van der Waals surface area (Å²) < 4.78 is -0.0520. The van der Waals surface area contributed by atoms with Crippen molar-refractivity contribution in [1.29, 1.82) is 0 Å². The van der Waals surface area contributed by atoms with Crippen LogP contribution < -0.4 is 5.32 Å². The lowest BCUT2D eigenvalue weighted by Crippen LogP contribution is -2.45. The minimum Gasteiger partial charge on any atom is -0.396 e. The van der Waals surface area contributed by atoms with Crippen LogP contribution in [0.3, 0.4) is 0 Å². The molecule has 0 aromatic rings. The summed E-state index contributed by atoms with van der Waals surface area (Å²) in [4.78, 5) is 21.9. The van der Waals surface area contributed by atoms with Gasteiger partial charge in [-0.05, 0) is 22.6 Å². The van der Waals surface area contributed by atoms with Gasteiger partial charge in [0, 0.05) is 18.4 Å². The van der Waals surface area contributed by atoms with Crippen molar-refractivity contribution in [3.8, 4) is 0 Å². The molecule has 0 aromatic carbocycles. The molecule has 0 spiro atoms. The van der Waals surface area contributed by atoms with E-state index in [2.05, 4.69) is 5.32 Å². The van der Waals surface area contributed by atoms with Crippen LogP contribution in [0.1, 0.15) is 20.3 Å². The summed E-state index contributed by atoms with van der Waals surface area (Å²) in [5.41, 5.74) is -0.877.